The molecule has 2 N–H and O–H groups in total. The number of aliphatic hydroxyl groups excluding tert-OH is 1. The van der Waals surface area contributed by atoms with E-state index in [2.05, 4.69) is 10.3 Å². The van der Waals surface area contributed by atoms with Crippen molar-refractivity contribution in [3.63, 3.8) is 0 Å². The second-order valence-electron chi connectivity index (χ2n) is 8.72. The fraction of sp³-hybridized carbons (Fsp3) is 0.370. The topological polar surface area (TPSA) is 115 Å². The minimum absolute atomic E-state index is 0.277. The number of methoxy groups -OCH3 is 4. The lowest BCUT2D eigenvalue weighted by Crippen LogP contribution is -2.37. The van der Waals surface area contributed by atoms with Gasteiger partial charge in [-0.2, -0.15) is 4.98 Å². The van der Waals surface area contributed by atoms with E-state index in [1.165, 1.54) is 27.5 Å². The SMILES string of the molecule is COc1ccc(CNc2nc(N3CCC(O)CC3)ncc2C(=O)c2cc(OC)c(OC)c(OC)c2)cc1Cl. The van der Waals surface area contributed by atoms with E-state index in [4.69, 9.17) is 35.5 Å². The molecule has 1 aliphatic heterocycles. The highest BCUT2D eigenvalue weighted by atomic mass is 35.5. The highest BCUT2D eigenvalue weighted by Crippen LogP contribution is 2.39. The first-order chi connectivity index (χ1) is 18.4. The molecule has 2 aromatic carbocycles. The smallest absolute Gasteiger partial charge is 0.227 e. The summed E-state index contributed by atoms with van der Waals surface area (Å²) in [5, 5.41) is 13.7. The Labute approximate surface area is 226 Å². The molecule has 0 aliphatic carbocycles. The van der Waals surface area contributed by atoms with Crippen LogP contribution in [0.25, 0.3) is 0 Å². The number of ketones is 1. The number of nitrogens with zero attached hydrogens (tertiary/aromatic N) is 3. The van der Waals surface area contributed by atoms with Crippen molar-refractivity contribution < 1.29 is 28.8 Å². The van der Waals surface area contributed by atoms with E-state index in [1.807, 2.05) is 11.0 Å². The van der Waals surface area contributed by atoms with Crippen LogP contribution >= 0.6 is 11.6 Å². The van der Waals surface area contributed by atoms with Crippen molar-refractivity contribution in [2.24, 2.45) is 0 Å². The van der Waals surface area contributed by atoms with Gasteiger partial charge >= 0.3 is 0 Å². The maximum atomic E-state index is 13.7. The standard InChI is InChI=1S/C27H31ClN4O6/c1-35-21-6-5-16(11-20(21)28)14-29-26-19(15-30-27(31-26)32-9-7-18(33)8-10-32)24(34)17-12-22(36-2)25(38-4)23(13-17)37-3/h5-6,11-13,15,18,33H,7-10,14H2,1-4H3,(H,29,30,31). The first kappa shape index (κ1) is 27.3. The molecular formula is C27H31ClN4O6. The number of carbonyl (C=O) groups is 1. The predicted molar refractivity (Wildman–Crippen MR) is 144 cm³/mol. The largest absolute Gasteiger partial charge is 0.495 e. The van der Waals surface area contributed by atoms with E-state index in [0.29, 0.717) is 77.8 Å². The van der Waals surface area contributed by atoms with E-state index in [-0.39, 0.29) is 17.5 Å². The van der Waals surface area contributed by atoms with Crippen LogP contribution in [0.15, 0.2) is 36.5 Å². The molecule has 1 saturated heterocycles. The van der Waals surface area contributed by atoms with Gasteiger partial charge in [-0.3, -0.25) is 4.79 Å². The molecule has 0 amide bonds. The molecule has 38 heavy (non-hydrogen) atoms. The minimum Gasteiger partial charge on any atom is -0.495 e. The minimum atomic E-state index is -0.329. The summed E-state index contributed by atoms with van der Waals surface area (Å²) >= 11 is 6.30. The Hall–Kier alpha value is -3.76. The van der Waals surface area contributed by atoms with Crippen LogP contribution in [0, 0.1) is 0 Å². The van der Waals surface area contributed by atoms with Crippen LogP contribution in [0.3, 0.4) is 0 Å². The summed E-state index contributed by atoms with van der Waals surface area (Å²) in [5.41, 5.74) is 1.48. The number of halogens is 1. The average Bonchev–Trinajstić information content (AvgIpc) is 2.95. The zero-order chi connectivity index (χ0) is 27.2. The van der Waals surface area contributed by atoms with Gasteiger partial charge < -0.3 is 34.3 Å². The highest BCUT2D eigenvalue weighted by molar-refractivity contribution is 6.32. The number of carbonyl (C=O) groups excluding carboxylic acids is 1. The zero-order valence-electron chi connectivity index (χ0n) is 21.8. The van der Waals surface area contributed by atoms with E-state index < -0.39 is 0 Å². The Morgan fingerprint density at radius 2 is 1.68 bits per heavy atom. The van der Waals surface area contributed by atoms with E-state index in [0.717, 1.165) is 5.56 Å². The summed E-state index contributed by atoms with van der Waals surface area (Å²) in [4.78, 5) is 24.9. The molecule has 3 aromatic rings. The lowest BCUT2D eigenvalue weighted by molar-refractivity contribution is 0.103. The number of aromatic nitrogens is 2. The number of hydrogen-bond donors (Lipinski definition) is 2. The molecule has 0 bridgehead atoms. The van der Waals surface area contributed by atoms with Gasteiger partial charge in [-0.25, -0.2) is 4.98 Å². The summed E-state index contributed by atoms with van der Waals surface area (Å²) in [6, 6.07) is 8.65. The Bertz CT molecular complexity index is 1270. The first-order valence-electron chi connectivity index (χ1n) is 12.1. The van der Waals surface area contributed by atoms with Gasteiger partial charge in [0.2, 0.25) is 11.7 Å². The summed E-state index contributed by atoms with van der Waals surface area (Å²) in [5.74, 6) is 2.22. The lowest BCUT2D eigenvalue weighted by atomic mass is 10.0. The number of aliphatic hydroxyl groups is 1. The van der Waals surface area contributed by atoms with Crippen LogP contribution in [-0.4, -0.2) is 68.5 Å². The van der Waals surface area contributed by atoms with Crippen LogP contribution in [-0.2, 0) is 6.54 Å². The Kier molecular flexibility index (Phi) is 8.75. The van der Waals surface area contributed by atoms with Crippen molar-refractivity contribution >= 4 is 29.2 Å². The van der Waals surface area contributed by atoms with Crippen LogP contribution in [0.1, 0.15) is 34.3 Å². The van der Waals surface area contributed by atoms with Gasteiger partial charge in [0.05, 0.1) is 45.1 Å². The highest BCUT2D eigenvalue weighted by Gasteiger charge is 2.24. The molecule has 0 radical (unpaired) electrons. The number of rotatable bonds is 10. The van der Waals surface area contributed by atoms with Crippen molar-refractivity contribution in [2.75, 3.05) is 51.7 Å². The quantitative estimate of drug-likeness (QED) is 0.365. The number of ether oxygens (including phenoxy) is 4. The second kappa shape index (κ2) is 12.2. The Morgan fingerprint density at radius 1 is 1.03 bits per heavy atom. The molecule has 0 unspecified atom stereocenters. The molecule has 1 aliphatic rings. The third-order valence-electron chi connectivity index (χ3n) is 6.37. The van der Waals surface area contributed by atoms with Crippen LogP contribution in [0.4, 0.5) is 11.8 Å². The van der Waals surface area contributed by atoms with Crippen molar-refractivity contribution in [1.82, 2.24) is 9.97 Å². The van der Waals surface area contributed by atoms with E-state index in [1.54, 1.807) is 31.4 Å². The third-order valence-corrected chi connectivity index (χ3v) is 6.67. The summed E-state index contributed by atoms with van der Waals surface area (Å²) in [6.45, 7) is 1.60. The van der Waals surface area contributed by atoms with Gasteiger partial charge in [0.15, 0.2) is 17.3 Å². The first-order valence-corrected chi connectivity index (χ1v) is 12.5. The lowest BCUT2D eigenvalue weighted by Gasteiger charge is -2.29. The number of benzene rings is 2. The van der Waals surface area contributed by atoms with Crippen LogP contribution < -0.4 is 29.2 Å². The third kappa shape index (κ3) is 5.87. The molecular weight excluding hydrogens is 512 g/mol. The van der Waals surface area contributed by atoms with Crippen molar-refractivity contribution in [3.05, 3.63) is 58.2 Å². The molecule has 1 fully saturated rings. The Morgan fingerprint density at radius 3 is 2.26 bits per heavy atom. The molecule has 10 nitrogen and oxygen atoms in total. The molecule has 0 saturated carbocycles. The number of anilines is 2. The fourth-order valence-electron chi connectivity index (χ4n) is 4.26. The van der Waals surface area contributed by atoms with Crippen molar-refractivity contribution in [2.45, 2.75) is 25.5 Å². The molecule has 0 spiro atoms. The van der Waals surface area contributed by atoms with Gasteiger partial charge in [0.1, 0.15) is 11.6 Å². The van der Waals surface area contributed by atoms with Crippen molar-refractivity contribution in [3.8, 4) is 23.0 Å². The molecule has 0 atom stereocenters. The van der Waals surface area contributed by atoms with Gasteiger partial charge in [0.25, 0.3) is 0 Å². The molecule has 11 heteroatoms. The van der Waals surface area contributed by atoms with Crippen molar-refractivity contribution in [1.29, 1.82) is 0 Å². The summed E-state index contributed by atoms with van der Waals surface area (Å²) in [6.07, 6.45) is 2.44. The second-order valence-corrected chi connectivity index (χ2v) is 9.12. The maximum Gasteiger partial charge on any atom is 0.227 e. The van der Waals surface area contributed by atoms with E-state index in [9.17, 15) is 9.90 Å². The van der Waals surface area contributed by atoms with Gasteiger partial charge in [0, 0.05) is 31.4 Å². The Balaban J connectivity index is 1.70. The molecule has 1 aromatic heterocycles. The maximum absolute atomic E-state index is 13.7. The van der Waals surface area contributed by atoms with Gasteiger partial charge in [-0.05, 0) is 42.7 Å². The van der Waals surface area contributed by atoms with Crippen LogP contribution in [0.5, 0.6) is 23.0 Å². The van der Waals surface area contributed by atoms with Gasteiger partial charge in [-0.1, -0.05) is 17.7 Å². The normalized spacial score (nSPS) is 13.7. The predicted octanol–water partition coefficient (Wildman–Crippen LogP) is 3.97. The molecule has 2 heterocycles. The zero-order valence-corrected chi connectivity index (χ0v) is 22.5. The average molecular weight is 543 g/mol. The fourth-order valence-corrected chi connectivity index (χ4v) is 4.55. The summed E-state index contributed by atoms with van der Waals surface area (Å²) < 4.78 is 21.5. The number of nitrogens with one attached hydrogen (secondary N) is 1. The summed E-state index contributed by atoms with van der Waals surface area (Å²) in [7, 11) is 6.04. The number of piperidine rings is 1. The number of hydrogen-bond acceptors (Lipinski definition) is 10. The molecule has 4 rings (SSSR count). The van der Waals surface area contributed by atoms with Gasteiger partial charge in [-0.15, -0.1) is 0 Å². The van der Waals surface area contributed by atoms with Crippen LogP contribution in [0.2, 0.25) is 5.02 Å². The van der Waals surface area contributed by atoms with E-state index >= 15 is 0 Å². The molecule has 202 valence electrons. The monoisotopic (exact) mass is 542 g/mol.